The van der Waals surface area contributed by atoms with Crippen LogP contribution in [0.3, 0.4) is 0 Å². The van der Waals surface area contributed by atoms with Gasteiger partial charge >= 0.3 is 11.9 Å². The van der Waals surface area contributed by atoms with Gasteiger partial charge in [-0.15, -0.1) is 0 Å². The number of Topliss-reactive ketones (excluding diaryl/α,β-unsaturated/α-hetero) is 1. The summed E-state index contributed by atoms with van der Waals surface area (Å²) in [6.45, 7) is 3.31. The van der Waals surface area contributed by atoms with Crippen LogP contribution in [0.15, 0.2) is 10.9 Å². The number of H-pyrrole nitrogens is 1. The molecule has 1 N–H and O–H groups in total. The fourth-order valence-electron chi connectivity index (χ4n) is 1.63. The van der Waals surface area contributed by atoms with Crippen molar-refractivity contribution in [2.75, 3.05) is 13.2 Å². The highest BCUT2D eigenvalue weighted by molar-refractivity contribution is 6.06. The Morgan fingerprint density at radius 2 is 1.86 bits per heavy atom. The van der Waals surface area contributed by atoms with Gasteiger partial charge in [-0.05, 0) is 19.9 Å². The Bertz CT molecular complexity index is 698. The van der Waals surface area contributed by atoms with Crippen LogP contribution in [0.4, 0.5) is 0 Å². The molecule has 0 aliphatic heterocycles. The Morgan fingerprint density at radius 1 is 1.23 bits per heavy atom. The van der Waals surface area contributed by atoms with E-state index in [1.807, 2.05) is 0 Å². The van der Waals surface area contributed by atoms with E-state index < -0.39 is 35.3 Å². The van der Waals surface area contributed by atoms with E-state index in [1.54, 1.807) is 19.9 Å². The molecule has 0 radical (unpaired) electrons. The minimum Gasteiger partial charge on any atom is -0.466 e. The Balaban J connectivity index is 3.21. The van der Waals surface area contributed by atoms with Crippen LogP contribution in [-0.2, 0) is 14.3 Å². The first-order valence-electron chi connectivity index (χ1n) is 6.47. The van der Waals surface area contributed by atoms with Crippen molar-refractivity contribution in [1.29, 1.82) is 5.26 Å². The maximum Gasteiger partial charge on any atom is 0.339 e. The zero-order valence-electron chi connectivity index (χ0n) is 12.1. The molecule has 116 valence electrons. The van der Waals surface area contributed by atoms with E-state index in [2.05, 4.69) is 9.72 Å². The maximum atomic E-state index is 11.9. The summed E-state index contributed by atoms with van der Waals surface area (Å²) in [5.74, 6) is -2.38. The molecule has 1 rings (SSSR count). The third kappa shape index (κ3) is 4.02. The number of hydrogen-bond acceptors (Lipinski definition) is 7. The van der Waals surface area contributed by atoms with Gasteiger partial charge in [-0.1, -0.05) is 0 Å². The van der Waals surface area contributed by atoms with Gasteiger partial charge in [0, 0.05) is 0 Å². The van der Waals surface area contributed by atoms with Gasteiger partial charge in [0.15, 0.2) is 5.78 Å². The van der Waals surface area contributed by atoms with Crippen molar-refractivity contribution < 1.29 is 23.9 Å². The molecule has 0 saturated heterocycles. The monoisotopic (exact) mass is 306 g/mol. The molecular formula is C14H14N2O6. The molecule has 0 fully saturated rings. The molecule has 8 nitrogen and oxygen atoms in total. The van der Waals surface area contributed by atoms with Crippen LogP contribution in [0.2, 0.25) is 0 Å². The van der Waals surface area contributed by atoms with E-state index in [9.17, 15) is 19.2 Å². The smallest absolute Gasteiger partial charge is 0.339 e. The number of aromatic nitrogens is 1. The standard InChI is InChI=1S/C14H14N2O6/c1-3-21-12(18)6-11(17)10-5-8(14(20)22-4-2)9(7-15)13(19)16-10/h5H,3-4,6H2,1-2H3,(H,16,19). The molecule has 8 heteroatoms. The molecule has 0 unspecified atom stereocenters. The van der Waals surface area contributed by atoms with Gasteiger partial charge in [0.2, 0.25) is 0 Å². The first-order chi connectivity index (χ1) is 10.4. The summed E-state index contributed by atoms with van der Waals surface area (Å²) in [4.78, 5) is 48.9. The Kier molecular flexibility index (Phi) is 6.01. The summed E-state index contributed by atoms with van der Waals surface area (Å²) in [5.41, 5.74) is -1.94. The SMILES string of the molecule is CCOC(=O)CC(=O)c1cc(C(=O)OCC)c(C#N)c(=O)[nH]1. The molecule has 0 aliphatic carbocycles. The molecule has 0 bridgehead atoms. The summed E-state index contributed by atoms with van der Waals surface area (Å²) in [6.07, 6.45) is -0.585. The van der Waals surface area contributed by atoms with Gasteiger partial charge in [0.25, 0.3) is 5.56 Å². The van der Waals surface area contributed by atoms with Gasteiger partial charge in [-0.25, -0.2) is 4.79 Å². The molecule has 1 aromatic rings. The van der Waals surface area contributed by atoms with Crippen LogP contribution in [0, 0.1) is 11.3 Å². The van der Waals surface area contributed by atoms with E-state index in [0.29, 0.717) is 0 Å². The van der Waals surface area contributed by atoms with Crippen molar-refractivity contribution in [2.24, 2.45) is 0 Å². The largest absolute Gasteiger partial charge is 0.466 e. The van der Waals surface area contributed by atoms with Crippen molar-refractivity contribution in [3.63, 3.8) is 0 Å². The summed E-state index contributed by atoms with van der Waals surface area (Å²) >= 11 is 0. The average Bonchev–Trinajstić information content (AvgIpc) is 2.46. The molecule has 0 aliphatic rings. The van der Waals surface area contributed by atoms with Gasteiger partial charge in [0.05, 0.1) is 24.5 Å². The lowest BCUT2D eigenvalue weighted by Crippen LogP contribution is -2.22. The summed E-state index contributed by atoms with van der Waals surface area (Å²) < 4.78 is 9.36. The number of nitrogens with one attached hydrogen (secondary N) is 1. The Morgan fingerprint density at radius 3 is 2.41 bits per heavy atom. The second-order valence-corrected chi connectivity index (χ2v) is 4.04. The topological polar surface area (TPSA) is 126 Å². The number of aromatic amines is 1. The quantitative estimate of drug-likeness (QED) is 0.462. The van der Waals surface area contributed by atoms with E-state index >= 15 is 0 Å². The summed E-state index contributed by atoms with van der Waals surface area (Å²) in [6, 6.07) is 2.61. The van der Waals surface area contributed by atoms with E-state index in [-0.39, 0.29) is 24.5 Å². The third-order valence-corrected chi connectivity index (χ3v) is 2.55. The third-order valence-electron chi connectivity index (χ3n) is 2.55. The second-order valence-electron chi connectivity index (χ2n) is 4.04. The van der Waals surface area contributed by atoms with Gasteiger partial charge in [-0.2, -0.15) is 5.26 Å². The number of carbonyl (C=O) groups excluding carboxylic acids is 3. The number of carbonyl (C=O) groups is 3. The highest BCUT2D eigenvalue weighted by Crippen LogP contribution is 2.09. The Labute approximate surface area is 125 Å². The maximum absolute atomic E-state index is 11.9. The number of ketones is 1. The fraction of sp³-hybridized carbons (Fsp3) is 0.357. The molecular weight excluding hydrogens is 292 g/mol. The number of hydrogen-bond donors (Lipinski definition) is 1. The lowest BCUT2D eigenvalue weighted by molar-refractivity contribution is -0.141. The molecule has 0 aromatic carbocycles. The Hall–Kier alpha value is -2.95. The molecule has 1 heterocycles. The predicted molar refractivity (Wildman–Crippen MR) is 73.3 cm³/mol. The number of ether oxygens (including phenoxy) is 2. The first kappa shape index (κ1) is 17.1. The predicted octanol–water partition coefficient (Wildman–Crippen LogP) is 0.559. The number of nitrogens with zero attached hydrogens (tertiary/aromatic N) is 1. The van der Waals surface area contributed by atoms with Crippen molar-refractivity contribution in [1.82, 2.24) is 4.98 Å². The molecule has 0 amide bonds. The molecule has 0 spiro atoms. The van der Waals surface area contributed by atoms with Crippen LogP contribution in [0.25, 0.3) is 0 Å². The van der Waals surface area contributed by atoms with E-state index in [0.717, 1.165) is 6.07 Å². The second kappa shape index (κ2) is 7.73. The molecule has 0 saturated carbocycles. The molecule has 22 heavy (non-hydrogen) atoms. The van der Waals surface area contributed by atoms with Crippen molar-refractivity contribution >= 4 is 17.7 Å². The van der Waals surface area contributed by atoms with Crippen molar-refractivity contribution in [2.45, 2.75) is 20.3 Å². The van der Waals surface area contributed by atoms with Crippen LogP contribution in [0.1, 0.15) is 46.7 Å². The van der Waals surface area contributed by atoms with Crippen LogP contribution < -0.4 is 5.56 Å². The summed E-state index contributed by atoms with van der Waals surface area (Å²) in [7, 11) is 0. The number of nitriles is 1. The zero-order valence-corrected chi connectivity index (χ0v) is 12.1. The highest BCUT2D eigenvalue weighted by Gasteiger charge is 2.21. The van der Waals surface area contributed by atoms with Gasteiger partial charge < -0.3 is 14.5 Å². The normalized spacial score (nSPS) is 9.68. The average molecular weight is 306 g/mol. The van der Waals surface area contributed by atoms with Crippen LogP contribution in [0.5, 0.6) is 0 Å². The number of esters is 2. The summed E-state index contributed by atoms with van der Waals surface area (Å²) in [5, 5.41) is 8.92. The van der Waals surface area contributed by atoms with Gasteiger partial charge in [0.1, 0.15) is 18.1 Å². The number of pyridine rings is 1. The zero-order chi connectivity index (χ0) is 16.7. The minimum absolute atomic E-state index is 0.0443. The molecule has 0 atom stereocenters. The molecule has 1 aromatic heterocycles. The van der Waals surface area contributed by atoms with Gasteiger partial charge in [-0.3, -0.25) is 14.4 Å². The first-order valence-corrected chi connectivity index (χ1v) is 6.47. The van der Waals surface area contributed by atoms with Crippen molar-refractivity contribution in [3.8, 4) is 6.07 Å². The van der Waals surface area contributed by atoms with Crippen LogP contribution in [-0.4, -0.2) is 35.9 Å². The number of rotatable bonds is 6. The lowest BCUT2D eigenvalue weighted by Gasteiger charge is -2.06. The van der Waals surface area contributed by atoms with Crippen LogP contribution >= 0.6 is 0 Å². The van der Waals surface area contributed by atoms with E-state index in [4.69, 9.17) is 10.00 Å². The van der Waals surface area contributed by atoms with Crippen molar-refractivity contribution in [3.05, 3.63) is 33.2 Å². The van der Waals surface area contributed by atoms with E-state index in [1.165, 1.54) is 0 Å². The minimum atomic E-state index is -0.903. The lowest BCUT2D eigenvalue weighted by atomic mass is 10.1. The fourth-order valence-corrected chi connectivity index (χ4v) is 1.63. The highest BCUT2D eigenvalue weighted by atomic mass is 16.5.